The molecule has 30 heavy (non-hydrogen) atoms. The Hall–Kier alpha value is -3.33. The Morgan fingerprint density at radius 3 is 2.73 bits per heavy atom. The summed E-state index contributed by atoms with van der Waals surface area (Å²) in [6.07, 6.45) is 0. The Morgan fingerprint density at radius 2 is 2.00 bits per heavy atom. The molecule has 1 unspecified atom stereocenters. The summed E-state index contributed by atoms with van der Waals surface area (Å²) in [5.74, 6) is 0.437. The molecule has 0 bridgehead atoms. The number of nitrogens with one attached hydrogen (secondary N) is 1. The number of thioether (sulfide) groups is 1. The molecule has 4 rings (SSSR count). The molecule has 1 N–H and O–H groups in total. The summed E-state index contributed by atoms with van der Waals surface area (Å²) >= 11 is 1.47. The molecule has 1 aliphatic heterocycles. The molecule has 9 heteroatoms. The van der Waals surface area contributed by atoms with Gasteiger partial charge in [0.25, 0.3) is 5.91 Å². The van der Waals surface area contributed by atoms with Gasteiger partial charge in [0.15, 0.2) is 11.5 Å². The highest BCUT2D eigenvalue weighted by Crippen LogP contribution is 2.27. The zero-order valence-electron chi connectivity index (χ0n) is 16.0. The first kappa shape index (κ1) is 20.0. The third-order valence-corrected chi connectivity index (χ3v) is 5.68. The lowest BCUT2D eigenvalue weighted by Gasteiger charge is -2.22. The zero-order chi connectivity index (χ0) is 21.1. The number of benzene rings is 2. The minimum atomic E-state index is -0.654. The first-order valence-corrected chi connectivity index (χ1v) is 10.3. The van der Waals surface area contributed by atoms with Gasteiger partial charge in [-0.05, 0) is 36.4 Å². The van der Waals surface area contributed by atoms with Crippen LogP contribution in [-0.4, -0.2) is 46.7 Å². The van der Waals surface area contributed by atoms with E-state index in [0.29, 0.717) is 23.1 Å². The van der Waals surface area contributed by atoms with Crippen molar-refractivity contribution in [3.8, 4) is 17.1 Å². The predicted octanol–water partition coefficient (Wildman–Crippen LogP) is 3.64. The van der Waals surface area contributed by atoms with E-state index in [9.17, 15) is 14.0 Å². The largest absolute Gasteiger partial charge is 0.497 e. The van der Waals surface area contributed by atoms with Crippen LogP contribution in [0.25, 0.3) is 11.3 Å². The summed E-state index contributed by atoms with van der Waals surface area (Å²) in [6, 6.07) is 13.7. The zero-order valence-corrected chi connectivity index (χ0v) is 16.8. The van der Waals surface area contributed by atoms with Gasteiger partial charge in [0.05, 0.1) is 18.6 Å². The first-order valence-electron chi connectivity index (χ1n) is 9.12. The second kappa shape index (κ2) is 8.58. The summed E-state index contributed by atoms with van der Waals surface area (Å²) in [6.45, 7) is 0. The molecule has 0 aliphatic carbocycles. The van der Waals surface area contributed by atoms with E-state index in [4.69, 9.17) is 9.26 Å². The molecule has 1 saturated heterocycles. The molecule has 0 radical (unpaired) electrons. The molecule has 1 fully saturated rings. The average molecular weight is 427 g/mol. The Balaban J connectivity index is 1.48. The van der Waals surface area contributed by atoms with Gasteiger partial charge in [-0.1, -0.05) is 17.3 Å². The van der Waals surface area contributed by atoms with Gasteiger partial charge >= 0.3 is 0 Å². The topological polar surface area (TPSA) is 84.7 Å². The SMILES string of the molecule is COc1ccc(NC(=O)C2CSCN2C(=O)c2cc(-c3ccccc3F)on2)cc1. The Labute approximate surface area is 176 Å². The van der Waals surface area contributed by atoms with Crippen molar-refractivity contribution in [3.63, 3.8) is 0 Å². The van der Waals surface area contributed by atoms with Crippen LogP contribution in [0.15, 0.2) is 59.1 Å². The summed E-state index contributed by atoms with van der Waals surface area (Å²) in [5, 5.41) is 6.60. The van der Waals surface area contributed by atoms with Crippen LogP contribution >= 0.6 is 11.8 Å². The molecular weight excluding hydrogens is 409 g/mol. The Bertz CT molecular complexity index is 1070. The van der Waals surface area contributed by atoms with Gasteiger partial charge in [-0.3, -0.25) is 9.59 Å². The highest BCUT2D eigenvalue weighted by atomic mass is 32.2. The Kier molecular flexibility index (Phi) is 5.71. The highest BCUT2D eigenvalue weighted by molar-refractivity contribution is 7.99. The fraction of sp³-hybridized carbons (Fsp3) is 0.190. The standard InChI is InChI=1S/C21H18FN3O4S/c1-28-14-8-6-13(7-9-14)23-20(26)18-11-30-12-25(18)21(27)17-10-19(29-24-17)15-4-2-3-5-16(15)22/h2-10,18H,11-12H2,1H3,(H,23,26). The molecule has 154 valence electrons. The van der Waals surface area contributed by atoms with E-state index in [-0.39, 0.29) is 22.9 Å². The summed E-state index contributed by atoms with van der Waals surface area (Å²) < 4.78 is 24.2. The molecule has 2 amide bonds. The van der Waals surface area contributed by atoms with E-state index in [1.165, 1.54) is 28.8 Å². The van der Waals surface area contributed by atoms with Crippen molar-refractivity contribution in [2.45, 2.75) is 6.04 Å². The van der Waals surface area contributed by atoms with Crippen molar-refractivity contribution in [1.29, 1.82) is 0 Å². The monoisotopic (exact) mass is 427 g/mol. The number of anilines is 1. The smallest absolute Gasteiger partial charge is 0.277 e. The third kappa shape index (κ3) is 4.02. The second-order valence-corrected chi connectivity index (χ2v) is 7.56. The number of hydrogen-bond donors (Lipinski definition) is 1. The molecule has 2 heterocycles. The van der Waals surface area contributed by atoms with Gasteiger partial charge in [0.1, 0.15) is 17.6 Å². The van der Waals surface area contributed by atoms with Gasteiger partial charge in [-0.25, -0.2) is 4.39 Å². The van der Waals surface area contributed by atoms with Crippen LogP contribution in [0.3, 0.4) is 0 Å². The minimum absolute atomic E-state index is 0.0259. The van der Waals surface area contributed by atoms with Crippen LogP contribution in [0.2, 0.25) is 0 Å². The maximum Gasteiger partial charge on any atom is 0.277 e. The van der Waals surface area contributed by atoms with E-state index < -0.39 is 17.8 Å². The van der Waals surface area contributed by atoms with Crippen molar-refractivity contribution in [1.82, 2.24) is 10.1 Å². The molecule has 0 spiro atoms. The lowest BCUT2D eigenvalue weighted by Crippen LogP contribution is -2.44. The number of aromatic nitrogens is 1. The molecule has 1 atom stereocenters. The van der Waals surface area contributed by atoms with Gasteiger partial charge in [-0.15, -0.1) is 11.8 Å². The number of amides is 2. The van der Waals surface area contributed by atoms with E-state index in [1.54, 1.807) is 49.6 Å². The lowest BCUT2D eigenvalue weighted by atomic mass is 10.1. The first-order chi connectivity index (χ1) is 14.6. The molecule has 2 aromatic carbocycles. The maximum absolute atomic E-state index is 14.0. The number of carbonyl (C=O) groups is 2. The number of rotatable bonds is 5. The number of methoxy groups -OCH3 is 1. The van der Waals surface area contributed by atoms with Crippen LogP contribution < -0.4 is 10.1 Å². The van der Waals surface area contributed by atoms with Crippen LogP contribution in [0.4, 0.5) is 10.1 Å². The molecule has 7 nitrogen and oxygen atoms in total. The van der Waals surface area contributed by atoms with Gasteiger partial charge < -0.3 is 19.5 Å². The fourth-order valence-corrected chi connectivity index (χ4v) is 4.22. The number of carbonyl (C=O) groups excluding carboxylic acids is 2. The number of hydrogen-bond acceptors (Lipinski definition) is 6. The lowest BCUT2D eigenvalue weighted by molar-refractivity contribution is -0.119. The van der Waals surface area contributed by atoms with Crippen LogP contribution in [0.5, 0.6) is 5.75 Å². The van der Waals surface area contributed by atoms with Crippen LogP contribution in [-0.2, 0) is 4.79 Å². The van der Waals surface area contributed by atoms with Crippen molar-refractivity contribution in [2.75, 3.05) is 24.1 Å². The number of halogens is 1. The average Bonchev–Trinajstić information content (AvgIpc) is 3.44. The predicted molar refractivity (Wildman–Crippen MR) is 111 cm³/mol. The van der Waals surface area contributed by atoms with Gasteiger partial charge in [0, 0.05) is 17.5 Å². The van der Waals surface area contributed by atoms with Crippen molar-refractivity contribution >= 4 is 29.3 Å². The molecule has 3 aromatic rings. The van der Waals surface area contributed by atoms with E-state index in [2.05, 4.69) is 10.5 Å². The normalized spacial score (nSPS) is 15.8. The third-order valence-electron chi connectivity index (χ3n) is 4.67. The van der Waals surface area contributed by atoms with Crippen LogP contribution in [0, 0.1) is 5.82 Å². The molecule has 1 aliphatic rings. The minimum Gasteiger partial charge on any atom is -0.497 e. The van der Waals surface area contributed by atoms with Crippen molar-refractivity contribution in [3.05, 3.63) is 66.1 Å². The molecular formula is C21H18FN3O4S. The maximum atomic E-state index is 14.0. The summed E-state index contributed by atoms with van der Waals surface area (Å²) in [4.78, 5) is 27.1. The molecule has 1 aromatic heterocycles. The van der Waals surface area contributed by atoms with Gasteiger partial charge in [-0.2, -0.15) is 0 Å². The fourth-order valence-electron chi connectivity index (χ4n) is 3.07. The summed E-state index contributed by atoms with van der Waals surface area (Å²) in [7, 11) is 1.56. The number of ether oxygens (including phenoxy) is 1. The van der Waals surface area contributed by atoms with Crippen LogP contribution in [0.1, 0.15) is 10.5 Å². The van der Waals surface area contributed by atoms with E-state index >= 15 is 0 Å². The van der Waals surface area contributed by atoms with Crippen molar-refractivity contribution in [2.24, 2.45) is 0 Å². The van der Waals surface area contributed by atoms with E-state index in [1.807, 2.05) is 0 Å². The highest BCUT2D eigenvalue weighted by Gasteiger charge is 2.36. The quantitative estimate of drug-likeness (QED) is 0.669. The Morgan fingerprint density at radius 1 is 1.23 bits per heavy atom. The second-order valence-electron chi connectivity index (χ2n) is 6.56. The summed E-state index contributed by atoms with van der Waals surface area (Å²) in [5.41, 5.74) is 0.847. The van der Waals surface area contributed by atoms with Gasteiger partial charge in [0.2, 0.25) is 5.91 Å². The van der Waals surface area contributed by atoms with E-state index in [0.717, 1.165) is 0 Å². The van der Waals surface area contributed by atoms with Crippen molar-refractivity contribution < 1.29 is 23.2 Å². The number of nitrogens with zero attached hydrogens (tertiary/aromatic N) is 2. The molecule has 0 saturated carbocycles.